The normalized spacial score (nSPS) is 17.8. The molecule has 0 saturated carbocycles. The van der Waals surface area contributed by atoms with Crippen LogP contribution in [0.2, 0.25) is 0 Å². The van der Waals surface area contributed by atoms with E-state index in [-0.39, 0.29) is 10.9 Å². The van der Waals surface area contributed by atoms with E-state index in [2.05, 4.69) is 5.32 Å². The van der Waals surface area contributed by atoms with Gasteiger partial charge in [0.2, 0.25) is 0 Å². The van der Waals surface area contributed by atoms with Crippen LogP contribution in [0.1, 0.15) is 13.8 Å². The Bertz CT molecular complexity index is 556. The molecule has 6 heteroatoms. The number of hydrogen-bond donors (Lipinski definition) is 1. The molecule has 5 nitrogen and oxygen atoms in total. The van der Waals surface area contributed by atoms with E-state index in [1.165, 1.54) is 0 Å². The predicted molar refractivity (Wildman–Crippen MR) is 72.6 cm³/mol. The molecule has 0 aromatic heterocycles. The molecule has 1 aromatic carbocycles. The fourth-order valence-corrected chi connectivity index (χ4v) is 3.55. The first-order chi connectivity index (χ1) is 8.96. The van der Waals surface area contributed by atoms with E-state index < -0.39 is 15.1 Å². The zero-order valence-corrected chi connectivity index (χ0v) is 12.2. The Morgan fingerprint density at radius 1 is 1.16 bits per heavy atom. The molecule has 0 bridgehead atoms. The lowest BCUT2D eigenvalue weighted by molar-refractivity contribution is 0.171. The van der Waals surface area contributed by atoms with Crippen molar-refractivity contribution in [1.82, 2.24) is 5.32 Å². The van der Waals surface area contributed by atoms with Gasteiger partial charge in [0.05, 0.1) is 10.1 Å². The Labute approximate surface area is 113 Å². The van der Waals surface area contributed by atoms with Gasteiger partial charge in [0.25, 0.3) is 0 Å². The maximum Gasteiger partial charge on any atom is 0.182 e. The van der Waals surface area contributed by atoms with Crippen molar-refractivity contribution >= 4 is 9.84 Å². The number of benzene rings is 1. The highest BCUT2D eigenvalue weighted by molar-refractivity contribution is 7.92. The maximum atomic E-state index is 12.5. The van der Waals surface area contributed by atoms with Gasteiger partial charge in [0.15, 0.2) is 21.3 Å². The lowest BCUT2D eigenvalue weighted by Gasteiger charge is -2.22. The first-order valence-corrected chi connectivity index (χ1v) is 7.82. The number of nitrogens with one attached hydrogen (secondary N) is 1. The Morgan fingerprint density at radius 2 is 1.79 bits per heavy atom. The Balaban J connectivity index is 2.36. The van der Waals surface area contributed by atoms with Crippen molar-refractivity contribution in [2.45, 2.75) is 30.0 Å². The molecule has 0 aliphatic carbocycles. The molecular formula is C13H19NO4S. The van der Waals surface area contributed by atoms with E-state index >= 15 is 0 Å². The Morgan fingerprint density at radius 3 is 2.42 bits per heavy atom. The summed E-state index contributed by atoms with van der Waals surface area (Å²) in [7, 11) is -1.63. The second kappa shape index (κ2) is 5.38. The van der Waals surface area contributed by atoms with Crippen LogP contribution in [0, 0.1) is 0 Å². The molecule has 0 radical (unpaired) electrons. The van der Waals surface area contributed by atoms with Crippen LogP contribution in [-0.4, -0.2) is 40.0 Å². The topological polar surface area (TPSA) is 64.6 Å². The van der Waals surface area contributed by atoms with Gasteiger partial charge in [-0.1, -0.05) is 0 Å². The molecule has 19 heavy (non-hydrogen) atoms. The van der Waals surface area contributed by atoms with E-state index in [0.717, 1.165) is 0 Å². The average molecular weight is 285 g/mol. The second-order valence-electron chi connectivity index (χ2n) is 4.63. The minimum absolute atomic E-state index is 0.127. The molecule has 1 aromatic rings. The van der Waals surface area contributed by atoms with Gasteiger partial charge in [-0.25, -0.2) is 8.42 Å². The fourth-order valence-electron chi connectivity index (χ4n) is 1.92. The highest BCUT2D eigenvalue weighted by Crippen LogP contribution is 2.33. The quantitative estimate of drug-likeness (QED) is 0.901. The molecule has 0 amide bonds. The van der Waals surface area contributed by atoms with Crippen LogP contribution in [-0.2, 0) is 9.84 Å². The number of ether oxygens (including phenoxy) is 2. The van der Waals surface area contributed by atoms with Crippen molar-refractivity contribution in [2.24, 2.45) is 0 Å². The van der Waals surface area contributed by atoms with Gasteiger partial charge in [0.1, 0.15) is 13.2 Å². The lowest BCUT2D eigenvalue weighted by Crippen LogP contribution is -2.38. The zero-order chi connectivity index (χ0) is 14.0. The number of rotatable bonds is 4. The highest BCUT2D eigenvalue weighted by atomic mass is 32.2. The molecular weight excluding hydrogens is 266 g/mol. The zero-order valence-electron chi connectivity index (χ0n) is 11.3. The van der Waals surface area contributed by atoms with Crippen molar-refractivity contribution in [3.63, 3.8) is 0 Å². The average Bonchev–Trinajstić information content (AvgIpc) is 2.45. The van der Waals surface area contributed by atoms with E-state index in [0.29, 0.717) is 24.7 Å². The third-order valence-electron chi connectivity index (χ3n) is 3.49. The minimum atomic E-state index is -3.38. The molecule has 106 valence electrons. The summed E-state index contributed by atoms with van der Waals surface area (Å²) < 4.78 is 35.8. The second-order valence-corrected chi connectivity index (χ2v) is 6.94. The van der Waals surface area contributed by atoms with Gasteiger partial charge < -0.3 is 14.8 Å². The first-order valence-electron chi connectivity index (χ1n) is 6.27. The predicted octanol–water partition coefficient (Wildman–Crippen LogP) is 1.23. The molecule has 2 atom stereocenters. The van der Waals surface area contributed by atoms with Crippen molar-refractivity contribution in [3.05, 3.63) is 18.2 Å². The molecule has 1 heterocycles. The third kappa shape index (κ3) is 2.69. The number of sulfone groups is 1. The summed E-state index contributed by atoms with van der Waals surface area (Å²) >= 11 is 0. The van der Waals surface area contributed by atoms with E-state index in [4.69, 9.17) is 9.47 Å². The summed E-state index contributed by atoms with van der Waals surface area (Å²) in [6, 6.07) is 4.64. The van der Waals surface area contributed by atoms with E-state index in [1.54, 1.807) is 32.2 Å². The summed E-state index contributed by atoms with van der Waals surface area (Å²) in [6.07, 6.45) is 0. The molecule has 0 fully saturated rings. The van der Waals surface area contributed by atoms with Gasteiger partial charge in [-0.2, -0.15) is 0 Å². The van der Waals surface area contributed by atoms with Crippen LogP contribution >= 0.6 is 0 Å². The molecule has 1 aliphatic rings. The van der Waals surface area contributed by atoms with Crippen molar-refractivity contribution in [1.29, 1.82) is 0 Å². The fraction of sp³-hybridized carbons (Fsp3) is 0.538. The summed E-state index contributed by atoms with van der Waals surface area (Å²) in [6.45, 7) is 4.48. The van der Waals surface area contributed by atoms with E-state index in [1.807, 2.05) is 6.92 Å². The molecule has 1 aliphatic heterocycles. The van der Waals surface area contributed by atoms with Gasteiger partial charge in [-0.05, 0) is 33.0 Å². The molecule has 2 rings (SSSR count). The Hall–Kier alpha value is -1.27. The Kier molecular flexibility index (Phi) is 4.01. The summed E-state index contributed by atoms with van der Waals surface area (Å²) in [5.74, 6) is 1.09. The van der Waals surface area contributed by atoms with Crippen molar-refractivity contribution in [3.8, 4) is 11.5 Å². The maximum absolute atomic E-state index is 12.5. The van der Waals surface area contributed by atoms with E-state index in [9.17, 15) is 8.42 Å². The minimum Gasteiger partial charge on any atom is -0.486 e. The summed E-state index contributed by atoms with van der Waals surface area (Å²) in [5.41, 5.74) is 0. The van der Waals surface area contributed by atoms with Crippen molar-refractivity contribution < 1.29 is 17.9 Å². The molecule has 0 spiro atoms. The number of fused-ring (bicyclic) bond motifs is 1. The summed E-state index contributed by atoms with van der Waals surface area (Å²) in [4.78, 5) is 0.270. The van der Waals surface area contributed by atoms with Gasteiger partial charge in [0, 0.05) is 12.1 Å². The standard InChI is InChI=1S/C13H19NO4S/c1-9(14-3)10(2)19(15,16)11-4-5-12-13(8-11)18-7-6-17-12/h4-5,8-10,14H,6-7H2,1-3H3. The monoisotopic (exact) mass is 285 g/mol. The number of hydrogen-bond acceptors (Lipinski definition) is 5. The lowest BCUT2D eigenvalue weighted by atomic mass is 10.3. The largest absolute Gasteiger partial charge is 0.486 e. The van der Waals surface area contributed by atoms with Crippen LogP contribution < -0.4 is 14.8 Å². The third-order valence-corrected chi connectivity index (χ3v) is 5.79. The van der Waals surface area contributed by atoms with Gasteiger partial charge in [-0.3, -0.25) is 0 Å². The first kappa shape index (κ1) is 14.1. The van der Waals surface area contributed by atoms with Gasteiger partial charge in [-0.15, -0.1) is 0 Å². The van der Waals surface area contributed by atoms with Crippen LogP contribution in [0.4, 0.5) is 0 Å². The SMILES string of the molecule is CNC(C)C(C)S(=O)(=O)c1ccc2c(c1)OCCO2. The smallest absolute Gasteiger partial charge is 0.182 e. The highest BCUT2D eigenvalue weighted by Gasteiger charge is 2.28. The van der Waals surface area contributed by atoms with Crippen molar-refractivity contribution in [2.75, 3.05) is 20.3 Å². The van der Waals surface area contributed by atoms with Crippen LogP contribution in [0.15, 0.2) is 23.1 Å². The molecule has 0 saturated heterocycles. The van der Waals surface area contributed by atoms with Crippen LogP contribution in [0.5, 0.6) is 11.5 Å². The van der Waals surface area contributed by atoms with Gasteiger partial charge >= 0.3 is 0 Å². The van der Waals surface area contributed by atoms with Crippen LogP contribution in [0.3, 0.4) is 0 Å². The van der Waals surface area contributed by atoms with Crippen LogP contribution in [0.25, 0.3) is 0 Å². The summed E-state index contributed by atoms with van der Waals surface area (Å²) in [5, 5.41) is 2.45. The molecule has 1 N–H and O–H groups in total. The molecule has 2 unspecified atom stereocenters.